The van der Waals surface area contributed by atoms with Gasteiger partial charge in [0.05, 0.1) is 12.7 Å². The van der Waals surface area contributed by atoms with Crippen molar-refractivity contribution in [1.29, 1.82) is 0 Å². The van der Waals surface area contributed by atoms with Crippen molar-refractivity contribution in [2.75, 3.05) is 13.1 Å². The summed E-state index contributed by atoms with van der Waals surface area (Å²) in [6.07, 6.45) is 2.77. The number of piperidine rings is 3. The maximum atomic E-state index is 6.83. The molecule has 0 N–H and O–H groups in total. The molecule has 0 unspecified atom stereocenters. The Hall–Kier alpha value is -2.42. The van der Waals surface area contributed by atoms with Gasteiger partial charge in [0.1, 0.15) is 0 Å². The third kappa shape index (κ3) is 4.20. The average Bonchev–Trinajstić information content (AvgIpc) is 2.82. The van der Waals surface area contributed by atoms with Crippen LogP contribution < -0.4 is 0 Å². The minimum atomic E-state index is 0.257. The molecule has 3 aliphatic rings. The van der Waals surface area contributed by atoms with E-state index in [0.29, 0.717) is 24.5 Å². The van der Waals surface area contributed by atoms with Crippen molar-refractivity contribution in [2.45, 2.75) is 51.4 Å². The topological polar surface area (TPSA) is 12.5 Å². The SMILES string of the molecule is Cc1ccc(C)c(CO[C@@H]2C3CCN(CC3)[C@@H]2C(c2ccccc2)c2ccccc2)c1. The highest BCUT2D eigenvalue weighted by atomic mass is 16.5. The summed E-state index contributed by atoms with van der Waals surface area (Å²) in [6.45, 7) is 7.45. The number of hydrogen-bond acceptors (Lipinski definition) is 2. The molecule has 2 nitrogen and oxygen atoms in total. The van der Waals surface area contributed by atoms with E-state index in [9.17, 15) is 0 Å². The van der Waals surface area contributed by atoms with Gasteiger partial charge in [0.2, 0.25) is 0 Å². The van der Waals surface area contributed by atoms with E-state index in [2.05, 4.69) is 97.6 Å². The standard InChI is InChI=1S/C29H33NO/c1-21-13-14-22(2)26(19-21)20-31-29-25-15-17-30(18-16-25)28(29)27(23-9-5-3-6-10-23)24-11-7-4-8-12-24/h3-14,19,25,27-29H,15-18,20H2,1-2H3/t28-,29-/m1/s1. The summed E-state index contributed by atoms with van der Waals surface area (Å²) in [5.74, 6) is 0.976. The Balaban J connectivity index is 1.50. The number of aryl methyl sites for hydroxylation is 2. The molecule has 3 aliphatic heterocycles. The summed E-state index contributed by atoms with van der Waals surface area (Å²) in [5.41, 5.74) is 6.75. The fourth-order valence-electron chi connectivity index (χ4n) is 5.72. The fourth-order valence-corrected chi connectivity index (χ4v) is 5.72. The molecule has 3 aromatic rings. The number of nitrogens with zero attached hydrogens (tertiary/aromatic N) is 1. The number of fused-ring (bicyclic) bond motifs is 3. The van der Waals surface area contributed by atoms with E-state index in [1.807, 2.05) is 0 Å². The molecule has 0 amide bonds. The lowest BCUT2D eigenvalue weighted by molar-refractivity contribution is -0.120. The molecule has 160 valence electrons. The van der Waals surface area contributed by atoms with E-state index >= 15 is 0 Å². The lowest BCUT2D eigenvalue weighted by Crippen LogP contribution is -2.60. The van der Waals surface area contributed by atoms with Crippen LogP contribution in [0.15, 0.2) is 78.9 Å². The van der Waals surface area contributed by atoms with E-state index in [4.69, 9.17) is 4.74 Å². The van der Waals surface area contributed by atoms with Crippen LogP contribution in [0, 0.1) is 19.8 Å². The molecule has 2 bridgehead atoms. The van der Waals surface area contributed by atoms with Crippen molar-refractivity contribution in [1.82, 2.24) is 4.90 Å². The molecule has 3 saturated heterocycles. The molecular weight excluding hydrogens is 378 g/mol. The summed E-state index contributed by atoms with van der Waals surface area (Å²) in [7, 11) is 0. The molecule has 3 fully saturated rings. The Morgan fingerprint density at radius 2 is 1.45 bits per heavy atom. The normalized spacial score (nSPS) is 25.1. The first kappa shape index (κ1) is 20.5. The zero-order valence-corrected chi connectivity index (χ0v) is 18.7. The third-order valence-electron chi connectivity index (χ3n) is 7.39. The van der Waals surface area contributed by atoms with Gasteiger partial charge in [0.25, 0.3) is 0 Å². The van der Waals surface area contributed by atoms with Crippen LogP contribution in [0.1, 0.15) is 46.6 Å². The summed E-state index contributed by atoms with van der Waals surface area (Å²) in [6, 6.07) is 29.2. The van der Waals surface area contributed by atoms with Crippen LogP contribution >= 0.6 is 0 Å². The lowest BCUT2D eigenvalue weighted by atomic mass is 9.72. The Kier molecular flexibility index (Phi) is 5.93. The third-order valence-corrected chi connectivity index (χ3v) is 7.39. The second kappa shape index (κ2) is 8.98. The van der Waals surface area contributed by atoms with E-state index in [-0.39, 0.29) is 6.10 Å². The van der Waals surface area contributed by atoms with Crippen LogP contribution in [0.2, 0.25) is 0 Å². The van der Waals surface area contributed by atoms with Gasteiger partial charge in [-0.3, -0.25) is 4.90 Å². The van der Waals surface area contributed by atoms with E-state index < -0.39 is 0 Å². The van der Waals surface area contributed by atoms with Crippen molar-refractivity contribution in [3.8, 4) is 0 Å². The number of rotatable bonds is 6. The average molecular weight is 412 g/mol. The van der Waals surface area contributed by atoms with Gasteiger partial charge in [0.15, 0.2) is 0 Å². The molecule has 2 atom stereocenters. The van der Waals surface area contributed by atoms with Gasteiger partial charge in [0, 0.05) is 12.0 Å². The van der Waals surface area contributed by atoms with E-state index in [1.54, 1.807) is 0 Å². The summed E-state index contributed by atoms with van der Waals surface area (Å²) in [4.78, 5) is 2.71. The Bertz CT molecular complexity index is 952. The van der Waals surface area contributed by atoms with E-state index in [1.165, 1.54) is 53.7 Å². The molecule has 0 aliphatic carbocycles. The quantitative estimate of drug-likeness (QED) is 0.485. The number of benzene rings is 3. The highest BCUT2D eigenvalue weighted by Crippen LogP contribution is 2.43. The van der Waals surface area contributed by atoms with Gasteiger partial charge in [-0.05, 0) is 68.0 Å². The van der Waals surface area contributed by atoms with Gasteiger partial charge >= 0.3 is 0 Å². The first-order chi connectivity index (χ1) is 15.2. The first-order valence-corrected chi connectivity index (χ1v) is 11.7. The molecule has 0 aromatic heterocycles. The molecule has 3 heterocycles. The Morgan fingerprint density at radius 1 is 0.839 bits per heavy atom. The highest BCUT2D eigenvalue weighted by molar-refractivity contribution is 5.36. The Labute approximate surface area is 186 Å². The van der Waals surface area contributed by atoms with Crippen LogP contribution in [-0.4, -0.2) is 30.1 Å². The second-order valence-electron chi connectivity index (χ2n) is 9.37. The maximum Gasteiger partial charge on any atom is 0.0773 e. The monoisotopic (exact) mass is 411 g/mol. The molecule has 31 heavy (non-hydrogen) atoms. The largest absolute Gasteiger partial charge is 0.372 e. The van der Waals surface area contributed by atoms with Crippen LogP contribution in [-0.2, 0) is 11.3 Å². The maximum absolute atomic E-state index is 6.83. The first-order valence-electron chi connectivity index (χ1n) is 11.7. The smallest absolute Gasteiger partial charge is 0.0773 e. The molecule has 0 spiro atoms. The highest BCUT2D eigenvalue weighted by Gasteiger charge is 2.47. The Morgan fingerprint density at radius 3 is 2.06 bits per heavy atom. The lowest BCUT2D eigenvalue weighted by Gasteiger charge is -2.53. The second-order valence-corrected chi connectivity index (χ2v) is 9.37. The molecular formula is C29H33NO. The van der Waals surface area contributed by atoms with Gasteiger partial charge in [-0.1, -0.05) is 84.4 Å². The van der Waals surface area contributed by atoms with Crippen LogP contribution in [0.5, 0.6) is 0 Å². The van der Waals surface area contributed by atoms with Crippen molar-refractivity contribution in [2.24, 2.45) is 5.92 Å². The molecule has 6 rings (SSSR count). The fraction of sp³-hybridized carbons (Fsp3) is 0.379. The van der Waals surface area contributed by atoms with Gasteiger partial charge in [-0.25, -0.2) is 0 Å². The van der Waals surface area contributed by atoms with Gasteiger partial charge < -0.3 is 4.74 Å². The zero-order valence-electron chi connectivity index (χ0n) is 18.7. The number of ether oxygens (including phenoxy) is 1. The number of hydrogen-bond donors (Lipinski definition) is 0. The predicted molar refractivity (Wildman–Crippen MR) is 127 cm³/mol. The van der Waals surface area contributed by atoms with E-state index in [0.717, 1.165) is 0 Å². The molecule has 0 saturated carbocycles. The van der Waals surface area contributed by atoms with Crippen molar-refractivity contribution < 1.29 is 4.74 Å². The molecule has 3 aromatic carbocycles. The summed E-state index contributed by atoms with van der Waals surface area (Å²) in [5, 5.41) is 0. The zero-order chi connectivity index (χ0) is 21.2. The molecule has 0 radical (unpaired) electrons. The minimum absolute atomic E-state index is 0.257. The summed E-state index contributed by atoms with van der Waals surface area (Å²) >= 11 is 0. The van der Waals surface area contributed by atoms with Crippen molar-refractivity contribution in [3.05, 3.63) is 107 Å². The van der Waals surface area contributed by atoms with Gasteiger partial charge in [-0.15, -0.1) is 0 Å². The predicted octanol–water partition coefficient (Wildman–Crippen LogP) is 6.11. The van der Waals surface area contributed by atoms with Crippen LogP contribution in [0.25, 0.3) is 0 Å². The molecule has 2 heteroatoms. The van der Waals surface area contributed by atoms with Crippen molar-refractivity contribution in [3.63, 3.8) is 0 Å². The minimum Gasteiger partial charge on any atom is -0.372 e. The van der Waals surface area contributed by atoms with Crippen LogP contribution in [0.3, 0.4) is 0 Å². The van der Waals surface area contributed by atoms with Crippen LogP contribution in [0.4, 0.5) is 0 Å². The van der Waals surface area contributed by atoms with Crippen molar-refractivity contribution >= 4 is 0 Å². The van der Waals surface area contributed by atoms with Gasteiger partial charge in [-0.2, -0.15) is 0 Å². The summed E-state index contributed by atoms with van der Waals surface area (Å²) < 4.78 is 6.83.